The van der Waals surface area contributed by atoms with Crippen molar-refractivity contribution in [1.29, 1.82) is 0 Å². The lowest BCUT2D eigenvalue weighted by Crippen LogP contribution is -2.09. The van der Waals surface area contributed by atoms with E-state index in [-0.39, 0.29) is 10.8 Å². The summed E-state index contributed by atoms with van der Waals surface area (Å²) in [5, 5.41) is 17.5. The van der Waals surface area contributed by atoms with Gasteiger partial charge < -0.3 is 10.4 Å². The summed E-state index contributed by atoms with van der Waals surface area (Å²) in [5.41, 5.74) is 0.537. The number of aromatic carboxylic acids is 1. The lowest BCUT2D eigenvalue weighted by atomic mass is 10.4. The van der Waals surface area contributed by atoms with E-state index in [0.29, 0.717) is 10.6 Å². The number of anilines is 1. The molecule has 2 rings (SSSR count). The second kappa shape index (κ2) is 4.15. The first-order valence-corrected chi connectivity index (χ1v) is 5.12. The summed E-state index contributed by atoms with van der Waals surface area (Å²) in [6, 6.07) is 2.88. The fourth-order valence-corrected chi connectivity index (χ4v) is 1.83. The zero-order valence-corrected chi connectivity index (χ0v) is 8.75. The Morgan fingerprint density at radius 2 is 2.12 bits per heavy atom. The van der Waals surface area contributed by atoms with E-state index in [1.807, 2.05) is 0 Å². The first kappa shape index (κ1) is 10.4. The maximum atomic E-state index is 11.6. The maximum Gasteiger partial charge on any atom is 0.345 e. The van der Waals surface area contributed by atoms with Gasteiger partial charge in [-0.3, -0.25) is 9.89 Å². The maximum absolute atomic E-state index is 11.6. The molecule has 82 valence electrons. The highest BCUT2D eigenvalue weighted by molar-refractivity contribution is 7.15. The van der Waals surface area contributed by atoms with Crippen molar-refractivity contribution in [1.82, 2.24) is 10.2 Å². The summed E-state index contributed by atoms with van der Waals surface area (Å²) in [5.74, 6) is -1.38. The molecule has 2 aromatic heterocycles. The zero-order chi connectivity index (χ0) is 11.5. The van der Waals surface area contributed by atoms with Crippen molar-refractivity contribution in [2.24, 2.45) is 0 Å². The van der Waals surface area contributed by atoms with E-state index in [0.717, 1.165) is 11.3 Å². The van der Waals surface area contributed by atoms with Crippen LogP contribution in [0.1, 0.15) is 19.3 Å². The molecule has 0 saturated carbocycles. The van der Waals surface area contributed by atoms with Crippen LogP contribution in [0.3, 0.4) is 0 Å². The third-order valence-corrected chi connectivity index (χ3v) is 2.87. The minimum Gasteiger partial charge on any atom is -0.477 e. The van der Waals surface area contributed by atoms with Crippen molar-refractivity contribution >= 4 is 28.9 Å². The Hall–Kier alpha value is -2.15. The van der Waals surface area contributed by atoms with Gasteiger partial charge in [0, 0.05) is 6.20 Å². The standard InChI is InChI=1S/C9H7N3O3S/c13-8(12-5-3-10-11-4-5)6-1-2-7(16-6)9(14)15/h1-4H,(H,10,11)(H,12,13)(H,14,15). The Bertz CT molecular complexity index is 518. The molecule has 0 bridgehead atoms. The number of carbonyl (C=O) groups is 2. The summed E-state index contributed by atoms with van der Waals surface area (Å²) in [4.78, 5) is 22.7. The number of rotatable bonds is 3. The second-order valence-corrected chi connectivity index (χ2v) is 3.99. The topological polar surface area (TPSA) is 95.1 Å². The van der Waals surface area contributed by atoms with Crippen LogP contribution in [0.15, 0.2) is 24.5 Å². The SMILES string of the molecule is O=C(O)c1ccc(C(=O)Nc2cn[nH]c2)s1. The van der Waals surface area contributed by atoms with Gasteiger partial charge in [0.15, 0.2) is 0 Å². The van der Waals surface area contributed by atoms with Gasteiger partial charge in [-0.15, -0.1) is 11.3 Å². The molecule has 2 heterocycles. The molecule has 0 aliphatic carbocycles. The van der Waals surface area contributed by atoms with Crippen LogP contribution in [0.5, 0.6) is 0 Å². The van der Waals surface area contributed by atoms with Crippen molar-refractivity contribution in [2.45, 2.75) is 0 Å². The highest BCUT2D eigenvalue weighted by Gasteiger charge is 2.13. The molecule has 0 fully saturated rings. The van der Waals surface area contributed by atoms with Crippen LogP contribution in [0, 0.1) is 0 Å². The molecule has 0 aliphatic heterocycles. The fourth-order valence-electron chi connectivity index (χ4n) is 1.09. The Balaban J connectivity index is 2.12. The van der Waals surface area contributed by atoms with Crippen LogP contribution in [0.25, 0.3) is 0 Å². The van der Waals surface area contributed by atoms with E-state index in [4.69, 9.17) is 5.11 Å². The van der Waals surface area contributed by atoms with Gasteiger partial charge in [0.1, 0.15) is 4.88 Å². The smallest absolute Gasteiger partial charge is 0.345 e. The van der Waals surface area contributed by atoms with E-state index in [1.165, 1.54) is 24.5 Å². The molecule has 0 radical (unpaired) electrons. The van der Waals surface area contributed by atoms with E-state index in [9.17, 15) is 9.59 Å². The third-order valence-electron chi connectivity index (χ3n) is 1.80. The monoisotopic (exact) mass is 237 g/mol. The van der Waals surface area contributed by atoms with Crippen LogP contribution in [-0.2, 0) is 0 Å². The molecule has 16 heavy (non-hydrogen) atoms. The Labute approximate surface area is 93.9 Å². The van der Waals surface area contributed by atoms with E-state index in [2.05, 4.69) is 15.5 Å². The number of carbonyl (C=O) groups excluding carboxylic acids is 1. The average molecular weight is 237 g/mol. The Morgan fingerprint density at radius 1 is 1.38 bits per heavy atom. The quantitative estimate of drug-likeness (QED) is 0.752. The number of hydrogen-bond acceptors (Lipinski definition) is 4. The number of hydrogen-bond donors (Lipinski definition) is 3. The summed E-state index contributed by atoms with van der Waals surface area (Å²) in [6.07, 6.45) is 2.99. The van der Waals surface area contributed by atoms with E-state index in [1.54, 1.807) is 0 Å². The Morgan fingerprint density at radius 3 is 2.69 bits per heavy atom. The fraction of sp³-hybridized carbons (Fsp3) is 0. The van der Waals surface area contributed by atoms with Gasteiger partial charge in [0.25, 0.3) is 5.91 Å². The van der Waals surface area contributed by atoms with Crippen molar-refractivity contribution in [3.05, 3.63) is 34.3 Å². The third kappa shape index (κ3) is 2.09. The van der Waals surface area contributed by atoms with Crippen molar-refractivity contribution in [2.75, 3.05) is 5.32 Å². The molecule has 0 aliphatic rings. The van der Waals surface area contributed by atoms with Crippen LogP contribution in [0.4, 0.5) is 5.69 Å². The van der Waals surface area contributed by atoms with E-state index >= 15 is 0 Å². The predicted octanol–water partition coefficient (Wildman–Crippen LogP) is 1.42. The number of carboxylic acid groups (broad SMARTS) is 1. The number of amides is 1. The van der Waals surface area contributed by atoms with E-state index < -0.39 is 5.97 Å². The first-order chi connectivity index (χ1) is 7.66. The van der Waals surface area contributed by atoms with Gasteiger partial charge in [-0.2, -0.15) is 5.10 Å². The summed E-state index contributed by atoms with van der Waals surface area (Å²) < 4.78 is 0. The molecule has 0 aromatic carbocycles. The second-order valence-electron chi connectivity index (χ2n) is 2.91. The zero-order valence-electron chi connectivity index (χ0n) is 7.93. The van der Waals surface area contributed by atoms with Crippen molar-refractivity contribution < 1.29 is 14.7 Å². The number of aromatic amines is 1. The molecule has 3 N–H and O–H groups in total. The van der Waals surface area contributed by atoms with Crippen LogP contribution in [0.2, 0.25) is 0 Å². The number of aromatic nitrogens is 2. The lowest BCUT2D eigenvalue weighted by Gasteiger charge is -1.97. The average Bonchev–Trinajstić information content (AvgIpc) is 2.86. The number of carboxylic acids is 1. The highest BCUT2D eigenvalue weighted by atomic mass is 32.1. The molecule has 0 spiro atoms. The van der Waals surface area contributed by atoms with Crippen molar-refractivity contribution in [3.63, 3.8) is 0 Å². The van der Waals surface area contributed by atoms with Crippen LogP contribution < -0.4 is 5.32 Å². The number of thiophene rings is 1. The minimum atomic E-state index is -1.03. The molecule has 0 unspecified atom stereocenters. The first-order valence-electron chi connectivity index (χ1n) is 4.30. The summed E-state index contributed by atoms with van der Waals surface area (Å²) in [6.45, 7) is 0. The molecular formula is C9H7N3O3S. The van der Waals surface area contributed by atoms with Gasteiger partial charge >= 0.3 is 5.97 Å². The van der Waals surface area contributed by atoms with Gasteiger partial charge in [-0.1, -0.05) is 0 Å². The lowest BCUT2D eigenvalue weighted by molar-refractivity contribution is 0.0702. The van der Waals surface area contributed by atoms with Gasteiger partial charge in [-0.25, -0.2) is 4.79 Å². The summed E-state index contributed by atoms with van der Waals surface area (Å²) in [7, 11) is 0. The van der Waals surface area contributed by atoms with Gasteiger partial charge in [0.2, 0.25) is 0 Å². The van der Waals surface area contributed by atoms with Gasteiger partial charge in [-0.05, 0) is 12.1 Å². The van der Waals surface area contributed by atoms with Crippen molar-refractivity contribution in [3.8, 4) is 0 Å². The number of nitrogens with zero attached hydrogens (tertiary/aromatic N) is 1. The molecule has 6 nitrogen and oxygen atoms in total. The molecule has 7 heteroatoms. The van der Waals surface area contributed by atoms with Gasteiger partial charge in [0.05, 0.1) is 16.8 Å². The van der Waals surface area contributed by atoms with Crippen LogP contribution in [-0.4, -0.2) is 27.2 Å². The number of H-pyrrole nitrogens is 1. The largest absolute Gasteiger partial charge is 0.477 e. The normalized spacial score (nSPS) is 10.0. The predicted molar refractivity (Wildman–Crippen MR) is 57.8 cm³/mol. The molecule has 0 saturated heterocycles. The minimum absolute atomic E-state index is 0.136. The molecule has 1 amide bonds. The summed E-state index contributed by atoms with van der Waals surface area (Å²) >= 11 is 0.929. The molecule has 0 atom stereocenters. The van der Waals surface area contributed by atoms with Crippen LogP contribution >= 0.6 is 11.3 Å². The molecular weight excluding hydrogens is 230 g/mol. The Kier molecular flexibility index (Phi) is 2.69. The molecule has 2 aromatic rings. The number of nitrogens with one attached hydrogen (secondary N) is 2. The highest BCUT2D eigenvalue weighted by Crippen LogP contribution is 2.17.